The van der Waals surface area contributed by atoms with E-state index in [1.165, 1.54) is 51.4 Å². The SMILES string of the molecule is CCC(C)CC1CCC(C2CCC(C(=O)Oc3ccc(OC)cc3)CC2)CC1. The zero-order valence-corrected chi connectivity index (χ0v) is 18.0. The molecule has 3 heteroatoms. The van der Waals surface area contributed by atoms with E-state index in [1.807, 2.05) is 12.1 Å². The molecule has 0 radical (unpaired) electrons. The molecule has 2 aliphatic rings. The number of hydrogen-bond donors (Lipinski definition) is 0. The summed E-state index contributed by atoms with van der Waals surface area (Å²) in [5, 5.41) is 0. The van der Waals surface area contributed by atoms with Crippen molar-refractivity contribution in [3.63, 3.8) is 0 Å². The molecule has 156 valence electrons. The van der Waals surface area contributed by atoms with Crippen LogP contribution in [0.15, 0.2) is 24.3 Å². The van der Waals surface area contributed by atoms with Gasteiger partial charge in [0.2, 0.25) is 0 Å². The standard InChI is InChI=1S/C25H38O3/c1-4-18(2)17-19-5-7-20(8-6-19)21-9-11-22(12-10-21)25(26)28-24-15-13-23(27-3)14-16-24/h13-16,18-22H,4-12,17H2,1-3H3. The molecular formula is C25H38O3. The molecule has 0 aromatic heterocycles. The minimum absolute atomic E-state index is 0.0547. The number of benzene rings is 1. The summed E-state index contributed by atoms with van der Waals surface area (Å²) in [4.78, 5) is 12.5. The second kappa shape index (κ2) is 10.3. The van der Waals surface area contributed by atoms with Crippen LogP contribution in [-0.2, 0) is 4.79 Å². The number of carbonyl (C=O) groups is 1. The molecule has 0 saturated heterocycles. The van der Waals surface area contributed by atoms with E-state index in [2.05, 4.69) is 13.8 Å². The van der Waals surface area contributed by atoms with E-state index in [4.69, 9.17) is 9.47 Å². The highest BCUT2D eigenvalue weighted by Gasteiger charge is 2.33. The first-order valence-corrected chi connectivity index (χ1v) is 11.4. The van der Waals surface area contributed by atoms with Crippen molar-refractivity contribution in [1.82, 2.24) is 0 Å². The Morgan fingerprint density at radius 1 is 0.929 bits per heavy atom. The molecule has 1 unspecified atom stereocenters. The summed E-state index contributed by atoms with van der Waals surface area (Å²) in [6.07, 6.45) is 12.8. The Balaban J connectivity index is 1.40. The summed E-state index contributed by atoms with van der Waals surface area (Å²) in [7, 11) is 1.64. The van der Waals surface area contributed by atoms with E-state index in [1.54, 1.807) is 19.2 Å². The molecule has 28 heavy (non-hydrogen) atoms. The first-order chi connectivity index (χ1) is 13.6. The van der Waals surface area contributed by atoms with Crippen molar-refractivity contribution in [3.8, 4) is 11.5 Å². The summed E-state index contributed by atoms with van der Waals surface area (Å²) < 4.78 is 10.8. The van der Waals surface area contributed by atoms with Crippen LogP contribution in [0, 0.1) is 29.6 Å². The van der Waals surface area contributed by atoms with Crippen molar-refractivity contribution in [2.45, 2.75) is 78.1 Å². The summed E-state index contributed by atoms with van der Waals surface area (Å²) in [6.45, 7) is 4.72. The van der Waals surface area contributed by atoms with Gasteiger partial charge in [-0.1, -0.05) is 33.1 Å². The van der Waals surface area contributed by atoms with Crippen LogP contribution in [0.5, 0.6) is 11.5 Å². The van der Waals surface area contributed by atoms with E-state index in [0.29, 0.717) is 5.75 Å². The second-order valence-corrected chi connectivity index (χ2v) is 9.24. The quantitative estimate of drug-likeness (QED) is 0.389. The number of rotatable bonds is 7. The molecule has 1 atom stereocenters. The predicted molar refractivity (Wildman–Crippen MR) is 114 cm³/mol. The average molecular weight is 387 g/mol. The van der Waals surface area contributed by atoms with Crippen molar-refractivity contribution >= 4 is 5.97 Å². The molecule has 0 amide bonds. The topological polar surface area (TPSA) is 35.5 Å². The molecule has 0 bridgehead atoms. The zero-order chi connectivity index (χ0) is 19.9. The summed E-state index contributed by atoms with van der Waals surface area (Å²) >= 11 is 0. The van der Waals surface area contributed by atoms with Gasteiger partial charge in [-0.2, -0.15) is 0 Å². The lowest BCUT2D eigenvalue weighted by Gasteiger charge is -2.37. The third kappa shape index (κ3) is 5.75. The fourth-order valence-corrected chi connectivity index (χ4v) is 5.30. The van der Waals surface area contributed by atoms with Gasteiger partial charge in [0.25, 0.3) is 0 Å². The maximum absolute atomic E-state index is 12.5. The third-order valence-electron chi connectivity index (χ3n) is 7.37. The largest absolute Gasteiger partial charge is 0.497 e. The van der Waals surface area contributed by atoms with Crippen molar-refractivity contribution in [1.29, 1.82) is 0 Å². The Kier molecular flexibility index (Phi) is 7.82. The molecule has 2 saturated carbocycles. The van der Waals surface area contributed by atoms with Gasteiger partial charge < -0.3 is 9.47 Å². The summed E-state index contributed by atoms with van der Waals surface area (Å²) in [5.41, 5.74) is 0. The normalized spacial score (nSPS) is 29.1. The average Bonchev–Trinajstić information content (AvgIpc) is 2.75. The van der Waals surface area contributed by atoms with E-state index in [0.717, 1.165) is 42.3 Å². The Morgan fingerprint density at radius 3 is 2.00 bits per heavy atom. The Bertz CT molecular complexity index is 593. The fourth-order valence-electron chi connectivity index (χ4n) is 5.30. The highest BCUT2D eigenvalue weighted by Crippen LogP contribution is 2.43. The summed E-state index contributed by atoms with van der Waals surface area (Å²) in [5.74, 6) is 4.98. The lowest BCUT2D eigenvalue weighted by atomic mass is 9.68. The first kappa shape index (κ1) is 21.2. The number of hydrogen-bond acceptors (Lipinski definition) is 3. The Labute approximate surface area is 171 Å². The molecule has 3 rings (SSSR count). The number of esters is 1. The molecule has 1 aromatic rings. The molecule has 0 N–H and O–H groups in total. The van der Waals surface area contributed by atoms with Gasteiger partial charge in [0, 0.05) is 0 Å². The van der Waals surface area contributed by atoms with Gasteiger partial charge in [-0.25, -0.2) is 0 Å². The molecule has 2 aliphatic carbocycles. The van der Waals surface area contributed by atoms with Crippen molar-refractivity contribution in [2.24, 2.45) is 29.6 Å². The van der Waals surface area contributed by atoms with Crippen molar-refractivity contribution in [2.75, 3.05) is 7.11 Å². The van der Waals surface area contributed by atoms with E-state index < -0.39 is 0 Å². The van der Waals surface area contributed by atoms with Gasteiger partial charge in [0.05, 0.1) is 13.0 Å². The van der Waals surface area contributed by atoms with Crippen LogP contribution >= 0.6 is 0 Å². The zero-order valence-electron chi connectivity index (χ0n) is 18.0. The maximum atomic E-state index is 12.5. The highest BCUT2D eigenvalue weighted by molar-refractivity contribution is 5.75. The van der Waals surface area contributed by atoms with Crippen LogP contribution in [0.4, 0.5) is 0 Å². The van der Waals surface area contributed by atoms with E-state index in [9.17, 15) is 4.79 Å². The highest BCUT2D eigenvalue weighted by atomic mass is 16.5. The lowest BCUT2D eigenvalue weighted by Crippen LogP contribution is -2.30. The van der Waals surface area contributed by atoms with Crippen LogP contribution in [-0.4, -0.2) is 13.1 Å². The molecule has 0 aliphatic heterocycles. The Morgan fingerprint density at radius 2 is 1.46 bits per heavy atom. The predicted octanol–water partition coefficient (Wildman–Crippen LogP) is 6.65. The second-order valence-electron chi connectivity index (χ2n) is 9.24. The number of ether oxygens (including phenoxy) is 2. The fraction of sp³-hybridized carbons (Fsp3) is 0.720. The van der Waals surface area contributed by atoms with Crippen LogP contribution in [0.1, 0.15) is 78.1 Å². The Hall–Kier alpha value is -1.51. The van der Waals surface area contributed by atoms with Gasteiger partial charge in [0.1, 0.15) is 11.5 Å². The van der Waals surface area contributed by atoms with Crippen molar-refractivity contribution < 1.29 is 14.3 Å². The third-order valence-corrected chi connectivity index (χ3v) is 7.37. The van der Waals surface area contributed by atoms with E-state index >= 15 is 0 Å². The van der Waals surface area contributed by atoms with Gasteiger partial charge in [-0.05, 0) is 92.9 Å². The minimum atomic E-state index is -0.0547. The molecule has 0 heterocycles. The minimum Gasteiger partial charge on any atom is -0.497 e. The molecular weight excluding hydrogens is 348 g/mol. The summed E-state index contributed by atoms with van der Waals surface area (Å²) in [6, 6.07) is 7.27. The van der Waals surface area contributed by atoms with Crippen LogP contribution in [0.2, 0.25) is 0 Å². The molecule has 3 nitrogen and oxygen atoms in total. The monoisotopic (exact) mass is 386 g/mol. The van der Waals surface area contributed by atoms with Gasteiger partial charge >= 0.3 is 5.97 Å². The molecule has 0 spiro atoms. The smallest absolute Gasteiger partial charge is 0.314 e. The van der Waals surface area contributed by atoms with Crippen LogP contribution < -0.4 is 9.47 Å². The van der Waals surface area contributed by atoms with Crippen molar-refractivity contribution in [3.05, 3.63) is 24.3 Å². The molecule has 1 aromatic carbocycles. The van der Waals surface area contributed by atoms with Gasteiger partial charge in [0.15, 0.2) is 0 Å². The number of methoxy groups -OCH3 is 1. The van der Waals surface area contributed by atoms with Gasteiger partial charge in [-0.15, -0.1) is 0 Å². The van der Waals surface area contributed by atoms with Crippen LogP contribution in [0.25, 0.3) is 0 Å². The lowest BCUT2D eigenvalue weighted by molar-refractivity contribution is -0.140. The first-order valence-electron chi connectivity index (χ1n) is 11.4. The molecule has 2 fully saturated rings. The van der Waals surface area contributed by atoms with E-state index in [-0.39, 0.29) is 11.9 Å². The number of carbonyl (C=O) groups excluding carboxylic acids is 1. The van der Waals surface area contributed by atoms with Crippen LogP contribution in [0.3, 0.4) is 0 Å². The van der Waals surface area contributed by atoms with Gasteiger partial charge in [-0.3, -0.25) is 4.79 Å². The maximum Gasteiger partial charge on any atom is 0.314 e.